The predicted octanol–water partition coefficient (Wildman–Crippen LogP) is 3.81. The van der Waals surface area contributed by atoms with Gasteiger partial charge in [-0.15, -0.1) is 0 Å². The topological polar surface area (TPSA) is 72.5 Å². The summed E-state index contributed by atoms with van der Waals surface area (Å²) in [5, 5.41) is 0.605. The van der Waals surface area contributed by atoms with Crippen LogP contribution in [0, 0.1) is 0 Å². The summed E-state index contributed by atoms with van der Waals surface area (Å²) in [6.07, 6.45) is 1.06. The molecule has 1 N–H and O–H groups in total. The van der Waals surface area contributed by atoms with Crippen molar-refractivity contribution in [3.05, 3.63) is 58.1 Å². The molecule has 0 bridgehead atoms. The number of carbonyl (C=O) groups is 1. The molecule has 2 atom stereocenters. The van der Waals surface area contributed by atoms with Gasteiger partial charge in [0.1, 0.15) is 5.75 Å². The number of halogens is 2. The summed E-state index contributed by atoms with van der Waals surface area (Å²) < 4.78 is 30.9. The molecule has 0 saturated carbocycles. The van der Waals surface area contributed by atoms with Crippen LogP contribution in [-0.4, -0.2) is 32.4 Å². The smallest absolute Gasteiger partial charge is 0.229 e. The Hall–Kier alpha value is -1.57. The Balaban J connectivity index is 2.17. The standard InChI is InChI=1S/C17H15BrClNO4S/c1-24-14-8-12-11(7-13(14)20-25(2,22)23)15(16(18)17(12)21)9-3-5-10(19)6-4-9/h3-8,15-16,20H,1-2H3. The number of anilines is 1. The molecular weight excluding hydrogens is 430 g/mol. The number of fused-ring (bicyclic) bond motifs is 1. The van der Waals surface area contributed by atoms with Crippen molar-refractivity contribution in [3.63, 3.8) is 0 Å². The molecule has 5 nitrogen and oxygen atoms in total. The summed E-state index contributed by atoms with van der Waals surface area (Å²) in [7, 11) is -2.06. The van der Waals surface area contributed by atoms with Gasteiger partial charge in [-0.25, -0.2) is 8.42 Å². The second kappa shape index (κ2) is 6.63. The highest BCUT2D eigenvalue weighted by Gasteiger charge is 2.40. The van der Waals surface area contributed by atoms with Crippen LogP contribution in [0.4, 0.5) is 5.69 Å². The summed E-state index contributed by atoms with van der Waals surface area (Å²) in [4.78, 5) is 12.2. The minimum absolute atomic E-state index is 0.0702. The Kier molecular flexibility index (Phi) is 4.83. The summed E-state index contributed by atoms with van der Waals surface area (Å²) in [6, 6.07) is 10.5. The van der Waals surface area contributed by atoms with E-state index >= 15 is 0 Å². The highest BCUT2D eigenvalue weighted by atomic mass is 79.9. The number of hydrogen-bond donors (Lipinski definition) is 1. The van der Waals surface area contributed by atoms with Gasteiger partial charge in [0.15, 0.2) is 5.78 Å². The van der Waals surface area contributed by atoms with Gasteiger partial charge in [0.25, 0.3) is 0 Å². The fourth-order valence-corrected chi connectivity index (χ4v) is 4.51. The third kappa shape index (κ3) is 3.54. The molecule has 0 aromatic heterocycles. The zero-order chi connectivity index (χ0) is 18.4. The van der Waals surface area contributed by atoms with Crippen LogP contribution >= 0.6 is 27.5 Å². The van der Waals surface area contributed by atoms with Crippen molar-refractivity contribution >= 4 is 49.0 Å². The maximum atomic E-state index is 12.6. The molecule has 0 aliphatic heterocycles. The Labute approximate surface area is 159 Å². The van der Waals surface area contributed by atoms with E-state index in [-0.39, 0.29) is 11.7 Å². The van der Waals surface area contributed by atoms with Gasteiger partial charge in [0.05, 0.1) is 23.9 Å². The largest absolute Gasteiger partial charge is 0.495 e. The minimum atomic E-state index is -3.49. The minimum Gasteiger partial charge on any atom is -0.495 e. The Morgan fingerprint density at radius 3 is 2.40 bits per heavy atom. The summed E-state index contributed by atoms with van der Waals surface area (Å²) in [5.74, 6) is -0.0149. The van der Waals surface area contributed by atoms with E-state index in [9.17, 15) is 13.2 Å². The Bertz CT molecular complexity index is 944. The number of carbonyl (C=O) groups excluding carboxylic acids is 1. The van der Waals surface area contributed by atoms with Crippen LogP contribution in [-0.2, 0) is 10.0 Å². The highest BCUT2D eigenvalue weighted by molar-refractivity contribution is 9.10. The lowest BCUT2D eigenvalue weighted by atomic mass is 9.92. The summed E-state index contributed by atoms with van der Waals surface area (Å²) in [5.41, 5.74) is 2.46. The molecule has 0 saturated heterocycles. The lowest BCUT2D eigenvalue weighted by molar-refractivity contribution is 0.0999. The molecule has 0 amide bonds. The van der Waals surface area contributed by atoms with E-state index in [0.717, 1.165) is 17.4 Å². The number of sulfonamides is 1. The average molecular weight is 445 g/mol. The quantitative estimate of drug-likeness (QED) is 0.728. The molecule has 2 aromatic carbocycles. The van der Waals surface area contributed by atoms with Crippen LogP contribution in [0.3, 0.4) is 0 Å². The fourth-order valence-electron chi connectivity index (χ4n) is 2.99. The monoisotopic (exact) mass is 443 g/mol. The molecule has 0 radical (unpaired) electrons. The van der Waals surface area contributed by atoms with Crippen molar-refractivity contribution in [1.29, 1.82) is 0 Å². The molecule has 2 aromatic rings. The van der Waals surface area contributed by atoms with E-state index < -0.39 is 14.9 Å². The number of hydrogen-bond acceptors (Lipinski definition) is 4. The number of alkyl halides is 1. The number of nitrogens with one attached hydrogen (secondary N) is 1. The van der Waals surface area contributed by atoms with E-state index in [1.807, 2.05) is 12.1 Å². The van der Waals surface area contributed by atoms with E-state index in [2.05, 4.69) is 20.7 Å². The zero-order valence-corrected chi connectivity index (χ0v) is 16.6. The molecule has 3 rings (SSSR count). The van der Waals surface area contributed by atoms with E-state index in [0.29, 0.717) is 22.0 Å². The molecule has 8 heteroatoms. The lowest BCUT2D eigenvalue weighted by Crippen LogP contribution is -2.13. The maximum Gasteiger partial charge on any atom is 0.229 e. The van der Waals surface area contributed by atoms with Crippen molar-refractivity contribution in [3.8, 4) is 5.75 Å². The third-order valence-electron chi connectivity index (χ3n) is 4.04. The molecular formula is C17H15BrClNO4S. The van der Waals surface area contributed by atoms with Crippen LogP contribution in [0.15, 0.2) is 36.4 Å². The fraction of sp³-hybridized carbons (Fsp3) is 0.235. The number of methoxy groups -OCH3 is 1. The van der Waals surface area contributed by atoms with E-state index in [1.165, 1.54) is 7.11 Å². The molecule has 1 aliphatic carbocycles. The van der Waals surface area contributed by atoms with Crippen molar-refractivity contribution in [2.45, 2.75) is 10.7 Å². The van der Waals surface area contributed by atoms with Crippen molar-refractivity contribution in [2.75, 3.05) is 18.1 Å². The molecule has 0 fully saturated rings. The van der Waals surface area contributed by atoms with Crippen LogP contribution in [0.5, 0.6) is 5.75 Å². The Morgan fingerprint density at radius 2 is 1.84 bits per heavy atom. The first-order valence-corrected chi connectivity index (χ1v) is 10.5. The second-order valence-corrected chi connectivity index (χ2v) is 8.98. The van der Waals surface area contributed by atoms with Crippen LogP contribution in [0.1, 0.15) is 27.4 Å². The van der Waals surface area contributed by atoms with Gasteiger partial charge in [-0.1, -0.05) is 39.7 Å². The normalized spacial score (nSPS) is 19.6. The maximum absolute atomic E-state index is 12.6. The number of Topliss-reactive ketones (excluding diaryl/α,β-unsaturated/α-hetero) is 1. The number of ketones is 1. The van der Waals surface area contributed by atoms with Gasteiger partial charge in [-0.2, -0.15) is 0 Å². The predicted molar refractivity (Wildman–Crippen MR) is 102 cm³/mol. The van der Waals surface area contributed by atoms with Gasteiger partial charge >= 0.3 is 0 Å². The average Bonchev–Trinajstić information content (AvgIpc) is 2.77. The molecule has 132 valence electrons. The van der Waals surface area contributed by atoms with Gasteiger partial charge in [0.2, 0.25) is 10.0 Å². The first kappa shape index (κ1) is 18.2. The van der Waals surface area contributed by atoms with E-state index in [4.69, 9.17) is 16.3 Å². The van der Waals surface area contributed by atoms with E-state index in [1.54, 1.807) is 24.3 Å². The molecule has 2 unspecified atom stereocenters. The second-order valence-electron chi connectivity index (χ2n) is 5.81. The Morgan fingerprint density at radius 1 is 1.20 bits per heavy atom. The van der Waals surface area contributed by atoms with Crippen molar-refractivity contribution < 1.29 is 17.9 Å². The van der Waals surface area contributed by atoms with Gasteiger partial charge in [-0.3, -0.25) is 9.52 Å². The molecule has 0 heterocycles. The van der Waals surface area contributed by atoms with Gasteiger partial charge in [0, 0.05) is 16.5 Å². The molecule has 0 spiro atoms. The third-order valence-corrected chi connectivity index (χ3v) is 5.83. The van der Waals surface area contributed by atoms with Crippen LogP contribution in [0.2, 0.25) is 5.02 Å². The van der Waals surface area contributed by atoms with Gasteiger partial charge < -0.3 is 4.74 Å². The van der Waals surface area contributed by atoms with Crippen LogP contribution < -0.4 is 9.46 Å². The lowest BCUT2D eigenvalue weighted by Gasteiger charge is -2.17. The highest BCUT2D eigenvalue weighted by Crippen LogP contribution is 2.45. The van der Waals surface area contributed by atoms with Crippen molar-refractivity contribution in [1.82, 2.24) is 0 Å². The van der Waals surface area contributed by atoms with Gasteiger partial charge in [-0.05, 0) is 35.4 Å². The molecule has 25 heavy (non-hydrogen) atoms. The number of benzene rings is 2. The first-order valence-electron chi connectivity index (χ1n) is 7.34. The summed E-state index contributed by atoms with van der Waals surface area (Å²) >= 11 is 9.43. The number of ether oxygens (including phenoxy) is 1. The SMILES string of the molecule is COc1cc2c(cc1NS(C)(=O)=O)C(c1ccc(Cl)cc1)C(Br)C2=O. The van der Waals surface area contributed by atoms with Crippen LogP contribution in [0.25, 0.3) is 0 Å². The first-order chi connectivity index (χ1) is 11.7. The zero-order valence-electron chi connectivity index (χ0n) is 13.4. The van der Waals surface area contributed by atoms with Crippen molar-refractivity contribution in [2.24, 2.45) is 0 Å². The summed E-state index contributed by atoms with van der Waals surface area (Å²) in [6.45, 7) is 0. The number of rotatable bonds is 4. The molecule has 1 aliphatic rings.